The molecular weight excluding hydrogens is 338 g/mol. The van der Waals surface area contributed by atoms with Crippen LogP contribution in [0.25, 0.3) is 11.1 Å². The van der Waals surface area contributed by atoms with Crippen LogP contribution in [-0.2, 0) is 6.54 Å². The Balaban J connectivity index is 2.54. The highest BCUT2D eigenvalue weighted by Crippen LogP contribution is 2.35. The molecule has 2 N–H and O–H groups in total. The summed E-state index contributed by atoms with van der Waals surface area (Å²) in [4.78, 5) is 0. The first kappa shape index (κ1) is 11.3. The molecule has 4 heteroatoms. The van der Waals surface area contributed by atoms with Gasteiger partial charge in [-0.05, 0) is 44.8 Å². The van der Waals surface area contributed by atoms with E-state index in [9.17, 15) is 0 Å². The smallest absolute Gasteiger partial charge is 0.0749 e. The van der Waals surface area contributed by atoms with Crippen LogP contribution < -0.4 is 5.73 Å². The van der Waals surface area contributed by atoms with E-state index in [4.69, 9.17) is 5.73 Å². The first-order valence-electron chi connectivity index (χ1n) is 4.44. The number of hydrogen-bond acceptors (Lipinski definition) is 2. The summed E-state index contributed by atoms with van der Waals surface area (Å²) in [6.07, 6.45) is 0. The molecule has 1 aromatic heterocycles. The SMILES string of the molecule is NCc1c(-c2cccc(Br)c2)csc1Br. The van der Waals surface area contributed by atoms with Crippen molar-refractivity contribution in [3.05, 3.63) is 43.5 Å². The zero-order valence-corrected chi connectivity index (χ0v) is 11.8. The zero-order valence-electron chi connectivity index (χ0n) is 7.84. The highest BCUT2D eigenvalue weighted by molar-refractivity contribution is 9.11. The molecular formula is C11H9Br2NS. The summed E-state index contributed by atoms with van der Waals surface area (Å²) in [6, 6.07) is 8.25. The van der Waals surface area contributed by atoms with Crippen LogP contribution in [0.4, 0.5) is 0 Å². The summed E-state index contributed by atoms with van der Waals surface area (Å²) < 4.78 is 2.21. The molecule has 0 saturated carbocycles. The molecule has 1 aromatic carbocycles. The quantitative estimate of drug-likeness (QED) is 0.856. The fourth-order valence-corrected chi connectivity index (χ4v) is 3.34. The van der Waals surface area contributed by atoms with E-state index < -0.39 is 0 Å². The lowest BCUT2D eigenvalue weighted by Crippen LogP contribution is -1.96. The third-order valence-electron chi connectivity index (χ3n) is 2.18. The minimum absolute atomic E-state index is 0.561. The van der Waals surface area contributed by atoms with Crippen LogP contribution in [0.2, 0.25) is 0 Å². The Labute approximate surface area is 110 Å². The van der Waals surface area contributed by atoms with E-state index in [0.717, 1.165) is 8.26 Å². The molecule has 0 aliphatic heterocycles. The largest absolute Gasteiger partial charge is 0.326 e. The Morgan fingerprint density at radius 1 is 1.27 bits per heavy atom. The van der Waals surface area contributed by atoms with Gasteiger partial charge in [0.15, 0.2) is 0 Å². The van der Waals surface area contributed by atoms with Crippen molar-refractivity contribution in [2.45, 2.75) is 6.54 Å². The predicted octanol–water partition coefficient (Wildman–Crippen LogP) is 4.40. The second kappa shape index (κ2) is 4.78. The lowest BCUT2D eigenvalue weighted by atomic mass is 10.1. The monoisotopic (exact) mass is 345 g/mol. The van der Waals surface area contributed by atoms with Crippen LogP contribution in [0, 0.1) is 0 Å². The summed E-state index contributed by atoms with van der Waals surface area (Å²) in [6.45, 7) is 0.561. The van der Waals surface area contributed by atoms with Gasteiger partial charge in [-0.2, -0.15) is 0 Å². The Morgan fingerprint density at radius 2 is 2.07 bits per heavy atom. The van der Waals surface area contributed by atoms with Crippen LogP contribution in [0.15, 0.2) is 37.9 Å². The Bertz CT molecular complexity index is 479. The molecule has 2 aromatic rings. The fourth-order valence-electron chi connectivity index (χ4n) is 1.45. The van der Waals surface area contributed by atoms with Crippen LogP contribution in [0.5, 0.6) is 0 Å². The van der Waals surface area contributed by atoms with Crippen molar-refractivity contribution in [2.24, 2.45) is 5.73 Å². The van der Waals surface area contributed by atoms with E-state index in [-0.39, 0.29) is 0 Å². The number of hydrogen-bond donors (Lipinski definition) is 1. The van der Waals surface area contributed by atoms with E-state index in [2.05, 4.69) is 49.4 Å². The van der Waals surface area contributed by atoms with Crippen LogP contribution in [-0.4, -0.2) is 0 Å². The number of rotatable bonds is 2. The van der Waals surface area contributed by atoms with Gasteiger partial charge in [0, 0.05) is 16.4 Å². The molecule has 0 aliphatic rings. The maximum atomic E-state index is 5.74. The fraction of sp³-hybridized carbons (Fsp3) is 0.0909. The molecule has 0 unspecified atom stereocenters. The minimum atomic E-state index is 0.561. The number of thiophene rings is 1. The molecule has 1 heterocycles. The number of halogens is 2. The topological polar surface area (TPSA) is 26.0 Å². The van der Waals surface area contributed by atoms with Gasteiger partial charge in [0.25, 0.3) is 0 Å². The van der Waals surface area contributed by atoms with Gasteiger partial charge < -0.3 is 5.73 Å². The first-order chi connectivity index (χ1) is 7.22. The van der Waals surface area contributed by atoms with Crippen molar-refractivity contribution in [3.8, 4) is 11.1 Å². The third-order valence-corrected chi connectivity index (χ3v) is 4.52. The van der Waals surface area contributed by atoms with Crippen molar-refractivity contribution in [1.29, 1.82) is 0 Å². The zero-order chi connectivity index (χ0) is 10.8. The summed E-state index contributed by atoms with van der Waals surface area (Å²) >= 11 is 8.67. The molecule has 0 bridgehead atoms. The van der Waals surface area contributed by atoms with Gasteiger partial charge >= 0.3 is 0 Å². The maximum absolute atomic E-state index is 5.74. The van der Waals surface area contributed by atoms with Gasteiger partial charge in [0.05, 0.1) is 3.79 Å². The predicted molar refractivity (Wildman–Crippen MR) is 73.0 cm³/mol. The van der Waals surface area contributed by atoms with Gasteiger partial charge in [0.2, 0.25) is 0 Å². The van der Waals surface area contributed by atoms with Gasteiger partial charge in [-0.25, -0.2) is 0 Å². The number of nitrogens with two attached hydrogens (primary N) is 1. The normalized spacial score (nSPS) is 10.6. The minimum Gasteiger partial charge on any atom is -0.326 e. The van der Waals surface area contributed by atoms with Crippen molar-refractivity contribution < 1.29 is 0 Å². The summed E-state index contributed by atoms with van der Waals surface area (Å²) in [5.74, 6) is 0. The molecule has 1 nitrogen and oxygen atoms in total. The second-order valence-corrected chi connectivity index (χ2v) is 6.23. The third kappa shape index (κ3) is 2.33. The molecule has 0 spiro atoms. The van der Waals surface area contributed by atoms with Crippen molar-refractivity contribution in [3.63, 3.8) is 0 Å². The molecule has 0 atom stereocenters. The Hall–Kier alpha value is -0.160. The highest BCUT2D eigenvalue weighted by atomic mass is 79.9. The van der Waals surface area contributed by atoms with Crippen LogP contribution in [0.3, 0.4) is 0 Å². The van der Waals surface area contributed by atoms with Crippen LogP contribution in [0.1, 0.15) is 5.56 Å². The van der Waals surface area contributed by atoms with Crippen LogP contribution >= 0.6 is 43.2 Å². The van der Waals surface area contributed by atoms with Gasteiger partial charge in [-0.15, -0.1) is 11.3 Å². The summed E-state index contributed by atoms with van der Waals surface area (Å²) in [5.41, 5.74) is 9.33. The van der Waals surface area contributed by atoms with Crippen molar-refractivity contribution >= 4 is 43.2 Å². The van der Waals surface area contributed by atoms with E-state index >= 15 is 0 Å². The van der Waals surface area contributed by atoms with Crippen molar-refractivity contribution in [2.75, 3.05) is 0 Å². The van der Waals surface area contributed by atoms with E-state index in [1.165, 1.54) is 16.7 Å². The lowest BCUT2D eigenvalue weighted by Gasteiger charge is -2.03. The average Bonchev–Trinajstić information content (AvgIpc) is 2.59. The molecule has 0 amide bonds. The molecule has 78 valence electrons. The first-order valence-corrected chi connectivity index (χ1v) is 6.91. The molecule has 0 fully saturated rings. The standard InChI is InChI=1S/C11H9Br2NS/c12-8-3-1-2-7(4-8)10-6-15-11(13)9(10)5-14/h1-4,6H,5,14H2. The van der Waals surface area contributed by atoms with Gasteiger partial charge in [0.1, 0.15) is 0 Å². The molecule has 0 aliphatic carbocycles. The van der Waals surface area contributed by atoms with E-state index in [1.807, 2.05) is 12.1 Å². The Morgan fingerprint density at radius 3 is 2.73 bits per heavy atom. The van der Waals surface area contributed by atoms with Crippen molar-refractivity contribution in [1.82, 2.24) is 0 Å². The lowest BCUT2D eigenvalue weighted by molar-refractivity contribution is 1.08. The number of benzene rings is 1. The summed E-state index contributed by atoms with van der Waals surface area (Å²) in [5, 5.41) is 2.13. The highest BCUT2D eigenvalue weighted by Gasteiger charge is 2.09. The summed E-state index contributed by atoms with van der Waals surface area (Å²) in [7, 11) is 0. The maximum Gasteiger partial charge on any atom is 0.0749 e. The van der Waals surface area contributed by atoms with Gasteiger partial charge in [-0.3, -0.25) is 0 Å². The average molecular weight is 347 g/mol. The van der Waals surface area contributed by atoms with Gasteiger partial charge in [-0.1, -0.05) is 28.1 Å². The second-order valence-electron chi connectivity index (χ2n) is 3.12. The molecule has 15 heavy (non-hydrogen) atoms. The molecule has 0 radical (unpaired) electrons. The van der Waals surface area contributed by atoms with E-state index in [1.54, 1.807) is 11.3 Å². The molecule has 0 saturated heterocycles. The van der Waals surface area contributed by atoms with E-state index in [0.29, 0.717) is 6.54 Å². The molecule has 2 rings (SSSR count). The Kier molecular flexibility index (Phi) is 3.61.